The lowest BCUT2D eigenvalue weighted by Crippen LogP contribution is -2.16. The second kappa shape index (κ2) is 7.98. The molecule has 1 aliphatic rings. The van der Waals surface area contributed by atoms with Crippen LogP contribution in [-0.4, -0.2) is 44.3 Å². The molecule has 0 aliphatic carbocycles. The fourth-order valence-corrected chi connectivity index (χ4v) is 2.60. The molecule has 1 aromatic carbocycles. The van der Waals surface area contributed by atoms with Gasteiger partial charge in [-0.2, -0.15) is 0 Å². The molecule has 1 N–H and O–H groups in total. The number of amides is 1. The van der Waals surface area contributed by atoms with E-state index in [4.69, 9.17) is 9.47 Å². The second-order valence-electron chi connectivity index (χ2n) is 6.22. The second-order valence-corrected chi connectivity index (χ2v) is 6.22. The highest BCUT2D eigenvalue weighted by molar-refractivity contribution is 6.04. The molecule has 0 spiro atoms. The number of carbonyl (C=O) groups excluding carboxylic acids is 1. The quantitative estimate of drug-likeness (QED) is 0.875. The van der Waals surface area contributed by atoms with E-state index in [1.807, 2.05) is 31.1 Å². The number of carbonyl (C=O) groups is 1. The van der Waals surface area contributed by atoms with Crippen LogP contribution in [0.5, 0.6) is 5.75 Å². The van der Waals surface area contributed by atoms with Gasteiger partial charge < -0.3 is 19.7 Å². The summed E-state index contributed by atoms with van der Waals surface area (Å²) in [5, 5.41) is 2.84. The number of benzene rings is 1. The summed E-state index contributed by atoms with van der Waals surface area (Å²) in [7, 11) is 3.84. The van der Waals surface area contributed by atoms with E-state index >= 15 is 0 Å². The van der Waals surface area contributed by atoms with Gasteiger partial charge in [0, 0.05) is 26.3 Å². The minimum Gasteiger partial charge on any atom is -0.491 e. The molecule has 1 aromatic heterocycles. The van der Waals surface area contributed by atoms with Gasteiger partial charge in [-0.1, -0.05) is 0 Å². The lowest BCUT2D eigenvalue weighted by atomic mass is 10.2. The fraction of sp³-hybridized carbons (Fsp3) is 0.368. The Labute approximate surface area is 147 Å². The van der Waals surface area contributed by atoms with E-state index in [-0.39, 0.29) is 12.0 Å². The Balaban J connectivity index is 1.54. The fourth-order valence-electron chi connectivity index (χ4n) is 2.60. The van der Waals surface area contributed by atoms with Crippen LogP contribution >= 0.6 is 0 Å². The predicted octanol–water partition coefficient (Wildman–Crippen LogP) is 2.96. The van der Waals surface area contributed by atoms with Gasteiger partial charge >= 0.3 is 0 Å². The largest absolute Gasteiger partial charge is 0.491 e. The first-order valence-electron chi connectivity index (χ1n) is 8.41. The Kier molecular flexibility index (Phi) is 5.50. The Morgan fingerprint density at radius 3 is 2.68 bits per heavy atom. The molecule has 1 amide bonds. The van der Waals surface area contributed by atoms with Crippen molar-refractivity contribution in [1.29, 1.82) is 0 Å². The number of aromatic nitrogens is 1. The van der Waals surface area contributed by atoms with E-state index in [0.717, 1.165) is 31.0 Å². The third kappa shape index (κ3) is 4.70. The van der Waals surface area contributed by atoms with E-state index < -0.39 is 0 Å². The van der Waals surface area contributed by atoms with Crippen LogP contribution in [-0.2, 0) is 4.74 Å². The lowest BCUT2D eigenvalue weighted by molar-refractivity contribution is 0.0679. The number of nitrogens with zero attached hydrogens (tertiary/aromatic N) is 2. The molecule has 0 radical (unpaired) electrons. The van der Waals surface area contributed by atoms with Crippen LogP contribution in [0.15, 0.2) is 42.6 Å². The Morgan fingerprint density at radius 1 is 1.28 bits per heavy atom. The average Bonchev–Trinajstić information content (AvgIpc) is 3.14. The van der Waals surface area contributed by atoms with Crippen molar-refractivity contribution in [3.05, 3.63) is 48.2 Å². The molecular formula is C19H23N3O3. The van der Waals surface area contributed by atoms with E-state index in [0.29, 0.717) is 17.9 Å². The summed E-state index contributed by atoms with van der Waals surface area (Å²) in [6, 6.07) is 10.8. The molecule has 3 rings (SSSR count). The normalized spacial score (nSPS) is 16.5. The molecule has 2 aromatic rings. The van der Waals surface area contributed by atoms with Crippen molar-refractivity contribution in [3.63, 3.8) is 0 Å². The third-order valence-corrected chi connectivity index (χ3v) is 4.04. The summed E-state index contributed by atoms with van der Waals surface area (Å²) >= 11 is 0. The van der Waals surface area contributed by atoms with Gasteiger partial charge in [-0.15, -0.1) is 0 Å². The highest BCUT2D eigenvalue weighted by Crippen LogP contribution is 2.18. The van der Waals surface area contributed by atoms with Gasteiger partial charge in [0.1, 0.15) is 18.2 Å². The van der Waals surface area contributed by atoms with E-state index in [9.17, 15) is 4.79 Å². The summed E-state index contributed by atoms with van der Waals surface area (Å²) in [5.41, 5.74) is 1.23. The SMILES string of the molecule is CN(C)c1ccc(NC(=O)c2ccc(OCC3CCCO3)cc2)cn1. The molecular weight excluding hydrogens is 318 g/mol. The number of rotatable bonds is 6. The van der Waals surface area contributed by atoms with Gasteiger partial charge in [0.05, 0.1) is 18.0 Å². The van der Waals surface area contributed by atoms with Crippen LogP contribution < -0.4 is 15.0 Å². The molecule has 25 heavy (non-hydrogen) atoms. The van der Waals surface area contributed by atoms with Gasteiger partial charge in [0.2, 0.25) is 0 Å². The third-order valence-electron chi connectivity index (χ3n) is 4.04. The average molecular weight is 341 g/mol. The molecule has 6 heteroatoms. The zero-order valence-corrected chi connectivity index (χ0v) is 14.6. The van der Waals surface area contributed by atoms with Crippen molar-refractivity contribution in [1.82, 2.24) is 4.98 Å². The first-order chi connectivity index (χ1) is 12.1. The van der Waals surface area contributed by atoms with Crippen LogP contribution in [0.4, 0.5) is 11.5 Å². The molecule has 0 saturated carbocycles. The van der Waals surface area contributed by atoms with Crippen LogP contribution in [0.25, 0.3) is 0 Å². The van der Waals surface area contributed by atoms with Gasteiger partial charge in [0.15, 0.2) is 0 Å². The van der Waals surface area contributed by atoms with Crippen LogP contribution in [0, 0.1) is 0 Å². The minimum absolute atomic E-state index is 0.176. The van der Waals surface area contributed by atoms with Gasteiger partial charge in [-0.3, -0.25) is 4.79 Å². The van der Waals surface area contributed by atoms with Crippen LogP contribution in [0.3, 0.4) is 0 Å². The summed E-state index contributed by atoms with van der Waals surface area (Å²) in [5.74, 6) is 1.40. The zero-order chi connectivity index (χ0) is 17.6. The number of hydrogen-bond donors (Lipinski definition) is 1. The summed E-state index contributed by atoms with van der Waals surface area (Å²) < 4.78 is 11.2. The number of hydrogen-bond acceptors (Lipinski definition) is 5. The van der Waals surface area contributed by atoms with E-state index in [1.54, 1.807) is 30.5 Å². The maximum Gasteiger partial charge on any atom is 0.255 e. The van der Waals surface area contributed by atoms with Crippen molar-refractivity contribution in [2.75, 3.05) is 37.5 Å². The molecule has 1 fully saturated rings. The molecule has 1 atom stereocenters. The summed E-state index contributed by atoms with van der Waals surface area (Å²) in [6.07, 6.45) is 3.96. The molecule has 0 bridgehead atoms. The molecule has 2 heterocycles. The van der Waals surface area contributed by atoms with E-state index in [1.165, 1.54) is 0 Å². The zero-order valence-electron chi connectivity index (χ0n) is 14.6. The minimum atomic E-state index is -0.176. The molecule has 132 valence electrons. The number of nitrogens with one attached hydrogen (secondary N) is 1. The van der Waals surface area contributed by atoms with Crippen LogP contribution in [0.2, 0.25) is 0 Å². The number of anilines is 2. The first kappa shape index (κ1) is 17.2. The summed E-state index contributed by atoms with van der Waals surface area (Å²) in [6.45, 7) is 1.37. The topological polar surface area (TPSA) is 63.7 Å². The van der Waals surface area contributed by atoms with Crippen molar-refractivity contribution in [3.8, 4) is 5.75 Å². The standard InChI is InChI=1S/C19H23N3O3/c1-22(2)18-10-7-15(12-20-18)21-19(23)14-5-8-16(9-6-14)25-13-17-4-3-11-24-17/h5-10,12,17H,3-4,11,13H2,1-2H3,(H,21,23). The smallest absolute Gasteiger partial charge is 0.255 e. The maximum absolute atomic E-state index is 12.3. The summed E-state index contributed by atoms with van der Waals surface area (Å²) in [4.78, 5) is 18.5. The number of ether oxygens (including phenoxy) is 2. The highest BCUT2D eigenvalue weighted by Gasteiger charge is 2.16. The number of pyridine rings is 1. The van der Waals surface area contributed by atoms with Crippen molar-refractivity contribution in [2.24, 2.45) is 0 Å². The van der Waals surface area contributed by atoms with Crippen molar-refractivity contribution in [2.45, 2.75) is 18.9 Å². The lowest BCUT2D eigenvalue weighted by Gasteiger charge is -2.12. The van der Waals surface area contributed by atoms with Crippen molar-refractivity contribution < 1.29 is 14.3 Å². The molecule has 1 saturated heterocycles. The Hall–Kier alpha value is -2.60. The van der Waals surface area contributed by atoms with Gasteiger partial charge in [-0.05, 0) is 49.2 Å². The molecule has 1 aliphatic heterocycles. The monoisotopic (exact) mass is 341 g/mol. The Morgan fingerprint density at radius 2 is 2.08 bits per heavy atom. The van der Waals surface area contributed by atoms with Gasteiger partial charge in [-0.25, -0.2) is 4.98 Å². The maximum atomic E-state index is 12.3. The van der Waals surface area contributed by atoms with Crippen molar-refractivity contribution >= 4 is 17.4 Å². The Bertz CT molecular complexity index is 693. The predicted molar refractivity (Wildman–Crippen MR) is 97.4 cm³/mol. The molecule has 1 unspecified atom stereocenters. The van der Waals surface area contributed by atoms with Gasteiger partial charge in [0.25, 0.3) is 5.91 Å². The highest BCUT2D eigenvalue weighted by atomic mass is 16.5. The van der Waals surface area contributed by atoms with E-state index in [2.05, 4.69) is 10.3 Å². The van der Waals surface area contributed by atoms with Crippen LogP contribution in [0.1, 0.15) is 23.2 Å². The molecule has 6 nitrogen and oxygen atoms in total. The first-order valence-corrected chi connectivity index (χ1v) is 8.41.